The Kier molecular flexibility index (Phi) is 4.10. The molecule has 7 rings (SSSR count). The average molecular weight is 433 g/mol. The van der Waals surface area contributed by atoms with E-state index in [9.17, 15) is 15.1 Å². The van der Waals surface area contributed by atoms with Gasteiger partial charge < -0.3 is 10.3 Å². The molecule has 6 heteroatoms. The van der Waals surface area contributed by atoms with Gasteiger partial charge in [-0.25, -0.2) is 4.79 Å². The van der Waals surface area contributed by atoms with Gasteiger partial charge in [0.1, 0.15) is 5.56 Å². The van der Waals surface area contributed by atoms with Gasteiger partial charge in [-0.1, -0.05) is 84.9 Å². The number of hydrogen-bond acceptors (Lipinski definition) is 3. The summed E-state index contributed by atoms with van der Waals surface area (Å²) < 4.78 is 0. The fourth-order valence-corrected chi connectivity index (χ4v) is 5.42. The second kappa shape index (κ2) is 7.03. The van der Waals surface area contributed by atoms with E-state index in [0.717, 1.165) is 33.4 Å². The van der Waals surface area contributed by atoms with Crippen molar-refractivity contribution in [2.75, 3.05) is 5.43 Å². The highest BCUT2D eigenvalue weighted by atomic mass is 16.5. The number of aromatic carboxylic acids is 1. The number of nitrogens with one attached hydrogen (secondary N) is 1. The first-order valence-electron chi connectivity index (χ1n) is 10.7. The summed E-state index contributed by atoms with van der Waals surface area (Å²) in [6.45, 7) is 0. The van der Waals surface area contributed by atoms with Crippen LogP contribution in [-0.2, 0) is 5.54 Å². The van der Waals surface area contributed by atoms with Crippen molar-refractivity contribution < 1.29 is 14.8 Å². The summed E-state index contributed by atoms with van der Waals surface area (Å²) in [6, 6.07) is 30.4. The third kappa shape index (κ3) is 2.52. The molecule has 160 valence electrons. The largest absolute Gasteiger partial charge is 0.694 e. The molecule has 0 heterocycles. The molecular weight excluding hydrogens is 414 g/mol. The van der Waals surface area contributed by atoms with Crippen molar-refractivity contribution in [1.29, 1.82) is 0 Å². The monoisotopic (exact) mass is 433 g/mol. The number of carboxylic acid groups (broad SMARTS) is 1. The number of benzene rings is 4. The highest BCUT2D eigenvalue weighted by Gasteiger charge is 2.55. The molecule has 0 saturated carbocycles. The molecule has 0 radical (unpaired) electrons. The lowest BCUT2D eigenvalue weighted by Crippen LogP contribution is -2.48. The fourth-order valence-electron chi connectivity index (χ4n) is 5.42. The van der Waals surface area contributed by atoms with E-state index in [0.29, 0.717) is 4.86 Å². The molecule has 33 heavy (non-hydrogen) atoms. The van der Waals surface area contributed by atoms with Crippen molar-refractivity contribution in [3.05, 3.63) is 141 Å². The third-order valence-electron chi connectivity index (χ3n) is 6.69. The molecule has 4 aromatic carbocycles. The molecule has 0 aromatic heterocycles. The topological polar surface area (TPSA) is 87.8 Å². The van der Waals surface area contributed by atoms with Gasteiger partial charge in [0.05, 0.1) is 5.22 Å². The second-order valence-corrected chi connectivity index (χ2v) is 8.24. The lowest BCUT2D eigenvalue weighted by Gasteiger charge is -2.49. The number of hydroxylamine groups is 1. The van der Waals surface area contributed by atoms with Crippen LogP contribution in [0, 0.1) is 5.21 Å². The maximum Gasteiger partial charge on any atom is 0.340 e. The minimum absolute atomic E-state index is 0.0423. The zero-order valence-electron chi connectivity index (χ0n) is 17.5. The van der Waals surface area contributed by atoms with Gasteiger partial charge in [-0.05, 0) is 28.8 Å². The molecule has 6 nitrogen and oxygen atoms in total. The van der Waals surface area contributed by atoms with Crippen LogP contribution in [0.25, 0.3) is 0 Å². The van der Waals surface area contributed by atoms with E-state index in [4.69, 9.17) is 0 Å². The van der Waals surface area contributed by atoms with Crippen LogP contribution < -0.4 is 5.43 Å². The van der Waals surface area contributed by atoms with Gasteiger partial charge >= 0.3 is 5.97 Å². The van der Waals surface area contributed by atoms with Crippen molar-refractivity contribution in [3.63, 3.8) is 0 Å². The van der Waals surface area contributed by atoms with E-state index >= 15 is 0 Å². The first-order chi connectivity index (χ1) is 16.1. The molecule has 0 aliphatic heterocycles. The maximum atomic E-state index is 14.1. The van der Waals surface area contributed by atoms with E-state index in [1.165, 1.54) is 6.07 Å². The summed E-state index contributed by atoms with van der Waals surface area (Å²) in [4.78, 5) is 12.3. The van der Waals surface area contributed by atoms with Crippen molar-refractivity contribution in [2.45, 2.75) is 11.5 Å². The Morgan fingerprint density at radius 2 is 1.24 bits per heavy atom. The molecule has 0 saturated heterocycles. The Morgan fingerprint density at radius 3 is 1.76 bits per heavy atom. The summed E-state index contributed by atoms with van der Waals surface area (Å²) in [7, 11) is 0. The van der Waals surface area contributed by atoms with E-state index in [-0.39, 0.29) is 17.2 Å². The maximum absolute atomic E-state index is 14.1. The molecular formula is C27H19N3O3. The number of hydrogen-bond donors (Lipinski definition) is 2. The summed E-state index contributed by atoms with van der Waals surface area (Å²) in [5.74, 6) is -1.05. The SMILES string of the molecule is O=C(O)c1ccccc1N/N=[N+](\[O-])C12c3ccccc3C(c3ccccc31)c1ccccc12. The minimum atomic E-state index is -1.19. The third-order valence-corrected chi connectivity index (χ3v) is 6.69. The quantitative estimate of drug-likeness (QED) is 0.254. The van der Waals surface area contributed by atoms with Crippen LogP contribution in [-0.4, -0.2) is 15.9 Å². The molecule has 2 bridgehead atoms. The van der Waals surface area contributed by atoms with Gasteiger partial charge in [0.25, 0.3) is 0 Å². The van der Waals surface area contributed by atoms with Gasteiger partial charge in [0, 0.05) is 22.6 Å². The Morgan fingerprint density at radius 1 is 0.788 bits per heavy atom. The molecule has 3 aliphatic carbocycles. The van der Waals surface area contributed by atoms with Crippen molar-refractivity contribution in [3.8, 4) is 0 Å². The summed E-state index contributed by atoms with van der Waals surface area (Å²) in [5, 5.41) is 27.7. The summed E-state index contributed by atoms with van der Waals surface area (Å²) in [5.41, 5.74) is 7.73. The zero-order chi connectivity index (χ0) is 22.6. The Hall–Kier alpha value is -4.45. The van der Waals surface area contributed by atoms with Gasteiger partial charge in [-0.15, -0.1) is 10.3 Å². The lowest BCUT2D eigenvalue weighted by atomic mass is 9.57. The Bertz CT molecular complexity index is 1340. The molecule has 0 spiro atoms. The van der Waals surface area contributed by atoms with Crippen LogP contribution >= 0.6 is 0 Å². The van der Waals surface area contributed by atoms with E-state index in [2.05, 4.69) is 28.8 Å². The lowest BCUT2D eigenvalue weighted by molar-refractivity contribution is -0.597. The van der Waals surface area contributed by atoms with Crippen LogP contribution in [0.1, 0.15) is 49.7 Å². The van der Waals surface area contributed by atoms with Crippen LogP contribution in [0.4, 0.5) is 5.69 Å². The fraction of sp³-hybridized carbons (Fsp3) is 0.0741. The minimum Gasteiger partial charge on any atom is -0.694 e. The van der Waals surface area contributed by atoms with Gasteiger partial charge in [-0.2, -0.15) is 0 Å². The van der Waals surface area contributed by atoms with Crippen molar-refractivity contribution >= 4 is 11.7 Å². The number of para-hydroxylation sites is 1. The van der Waals surface area contributed by atoms with Crippen LogP contribution in [0.2, 0.25) is 0 Å². The van der Waals surface area contributed by atoms with Crippen molar-refractivity contribution in [1.82, 2.24) is 0 Å². The summed E-state index contributed by atoms with van der Waals surface area (Å²) >= 11 is 0. The highest BCUT2D eigenvalue weighted by Crippen LogP contribution is 2.59. The first-order valence-corrected chi connectivity index (χ1v) is 10.7. The van der Waals surface area contributed by atoms with Crippen LogP contribution in [0.15, 0.2) is 102 Å². The first kappa shape index (κ1) is 19.3. The van der Waals surface area contributed by atoms with Gasteiger partial charge in [0.2, 0.25) is 5.54 Å². The predicted octanol–water partition coefficient (Wildman–Crippen LogP) is 5.47. The number of carboxylic acids is 1. The molecule has 0 unspecified atom stereocenters. The molecule has 0 fully saturated rings. The summed E-state index contributed by atoms with van der Waals surface area (Å²) in [6.07, 6.45) is 0. The number of carbonyl (C=O) groups is 1. The Balaban J connectivity index is 1.62. The van der Waals surface area contributed by atoms with E-state index < -0.39 is 11.5 Å². The van der Waals surface area contributed by atoms with Gasteiger partial charge in [0.15, 0.2) is 5.69 Å². The van der Waals surface area contributed by atoms with Crippen LogP contribution in [0.3, 0.4) is 0 Å². The molecule has 0 atom stereocenters. The standard InChI is InChI=1S/C27H19N3O3/c31-26(32)20-12-4-8-16-24(20)28-29-30(33)27-21-13-5-1-9-17(21)25(18-10-2-6-14-22(18)27)19-11-3-7-15-23(19)27/h1-16,25,28H,(H,31,32)/b30-29-. The second-order valence-electron chi connectivity index (χ2n) is 8.24. The molecule has 3 aliphatic rings. The van der Waals surface area contributed by atoms with Crippen molar-refractivity contribution in [2.24, 2.45) is 5.22 Å². The van der Waals surface area contributed by atoms with E-state index in [1.54, 1.807) is 18.2 Å². The molecule has 0 amide bonds. The van der Waals surface area contributed by atoms with E-state index in [1.807, 2.05) is 54.6 Å². The van der Waals surface area contributed by atoms with Crippen LogP contribution in [0.5, 0.6) is 0 Å². The number of rotatable bonds is 4. The zero-order valence-corrected chi connectivity index (χ0v) is 17.5. The van der Waals surface area contributed by atoms with Gasteiger partial charge in [-0.3, -0.25) is 0 Å². The molecule has 2 N–H and O–H groups in total. The highest BCUT2D eigenvalue weighted by molar-refractivity contribution is 5.94. The Labute approximate surface area is 190 Å². The molecule has 4 aromatic rings. The normalized spacial score (nSPS) is 19.9. The predicted molar refractivity (Wildman–Crippen MR) is 123 cm³/mol. The smallest absolute Gasteiger partial charge is 0.340 e. The number of anilines is 1. The average Bonchev–Trinajstić information content (AvgIpc) is 2.87. The number of nitrogens with zero attached hydrogens (tertiary/aromatic N) is 2.